The zero-order valence-electron chi connectivity index (χ0n) is 10.3. The zero-order chi connectivity index (χ0) is 14.3. The van der Waals surface area contributed by atoms with Gasteiger partial charge in [-0.15, -0.1) is 0 Å². The molecule has 0 fully saturated rings. The molecule has 0 unspecified atom stereocenters. The van der Waals surface area contributed by atoms with Gasteiger partial charge in [0.1, 0.15) is 11.5 Å². The van der Waals surface area contributed by atoms with Crippen LogP contribution in [0.2, 0.25) is 0 Å². The summed E-state index contributed by atoms with van der Waals surface area (Å²) in [6.07, 6.45) is 1.31. The molecule has 4 nitrogen and oxygen atoms in total. The first-order valence-electron chi connectivity index (χ1n) is 6.00. The first-order chi connectivity index (χ1) is 9.58. The highest BCUT2D eigenvalue weighted by Gasteiger charge is 2.32. The average molecular weight is 266 g/mol. The van der Waals surface area contributed by atoms with Crippen molar-refractivity contribution in [2.75, 3.05) is 0 Å². The molecule has 2 aromatic carbocycles. The molecule has 2 aromatic rings. The summed E-state index contributed by atoms with van der Waals surface area (Å²) in [5, 5.41) is 19.1. The Balaban J connectivity index is 2.13. The van der Waals surface area contributed by atoms with Gasteiger partial charge in [-0.05, 0) is 24.3 Å². The molecule has 1 aliphatic carbocycles. The maximum atomic E-state index is 12.2. The van der Waals surface area contributed by atoms with Crippen molar-refractivity contribution in [3.63, 3.8) is 0 Å². The Bertz CT molecular complexity index is 735. The van der Waals surface area contributed by atoms with Gasteiger partial charge in [0.25, 0.3) is 0 Å². The number of phenols is 2. The Morgan fingerprint density at radius 1 is 0.850 bits per heavy atom. The second kappa shape index (κ2) is 4.35. The third-order valence-electron chi connectivity index (χ3n) is 3.22. The number of carbonyl (C=O) groups is 2. The van der Waals surface area contributed by atoms with Crippen LogP contribution in [0.1, 0.15) is 26.3 Å². The van der Waals surface area contributed by atoms with Crippen molar-refractivity contribution in [1.82, 2.24) is 0 Å². The number of allylic oxidation sites excluding steroid dienone is 1. The molecule has 3 rings (SSSR count). The van der Waals surface area contributed by atoms with E-state index in [1.165, 1.54) is 24.3 Å². The number of carbonyl (C=O) groups excluding carboxylic acids is 2. The van der Waals surface area contributed by atoms with Crippen LogP contribution in [0.5, 0.6) is 11.5 Å². The number of rotatable bonds is 1. The van der Waals surface area contributed by atoms with Crippen LogP contribution in [0.25, 0.3) is 6.08 Å². The van der Waals surface area contributed by atoms with Crippen molar-refractivity contribution in [1.29, 1.82) is 0 Å². The van der Waals surface area contributed by atoms with Gasteiger partial charge < -0.3 is 10.2 Å². The highest BCUT2D eigenvalue weighted by Crippen LogP contribution is 2.30. The molecule has 2 N–H and O–H groups in total. The van der Waals surface area contributed by atoms with Gasteiger partial charge in [0.15, 0.2) is 11.6 Å². The van der Waals surface area contributed by atoms with E-state index < -0.39 is 0 Å². The summed E-state index contributed by atoms with van der Waals surface area (Å²) in [4.78, 5) is 24.3. The summed E-state index contributed by atoms with van der Waals surface area (Å²) >= 11 is 0. The molecule has 20 heavy (non-hydrogen) atoms. The van der Waals surface area contributed by atoms with Crippen LogP contribution in [0, 0.1) is 0 Å². The molecule has 98 valence electrons. The van der Waals surface area contributed by atoms with Gasteiger partial charge in [0.2, 0.25) is 0 Å². The van der Waals surface area contributed by atoms with Crippen LogP contribution < -0.4 is 0 Å². The number of hydrogen-bond donors (Lipinski definition) is 2. The second-order valence-electron chi connectivity index (χ2n) is 4.50. The van der Waals surface area contributed by atoms with Crippen molar-refractivity contribution >= 4 is 17.6 Å². The Labute approximate surface area is 114 Å². The van der Waals surface area contributed by atoms with E-state index in [1.807, 2.05) is 0 Å². The van der Waals surface area contributed by atoms with E-state index in [4.69, 9.17) is 0 Å². The van der Waals surface area contributed by atoms with Gasteiger partial charge in [-0.2, -0.15) is 0 Å². The standard InChI is InChI=1S/C16H10O4/c17-10-5-6-14(18)9(7-10)8-13-15(19)11-3-1-2-4-12(11)16(13)20/h1-8,17-18H. The van der Waals surface area contributed by atoms with Crippen molar-refractivity contribution < 1.29 is 19.8 Å². The van der Waals surface area contributed by atoms with Crippen LogP contribution >= 0.6 is 0 Å². The third-order valence-corrected chi connectivity index (χ3v) is 3.22. The fraction of sp³-hybridized carbons (Fsp3) is 0. The van der Waals surface area contributed by atoms with E-state index in [2.05, 4.69) is 0 Å². The van der Waals surface area contributed by atoms with Gasteiger partial charge in [0.05, 0.1) is 5.57 Å². The molecular weight excluding hydrogens is 256 g/mol. The lowest BCUT2D eigenvalue weighted by molar-refractivity contribution is 0.0990. The topological polar surface area (TPSA) is 74.6 Å². The summed E-state index contributed by atoms with van der Waals surface area (Å²) in [6, 6.07) is 10.5. The van der Waals surface area contributed by atoms with Crippen molar-refractivity contribution in [2.24, 2.45) is 0 Å². The van der Waals surface area contributed by atoms with E-state index in [9.17, 15) is 19.8 Å². The smallest absolute Gasteiger partial charge is 0.197 e. The first kappa shape index (κ1) is 12.2. The summed E-state index contributed by atoms with van der Waals surface area (Å²) in [7, 11) is 0. The number of aromatic hydroxyl groups is 2. The number of ketones is 2. The maximum Gasteiger partial charge on any atom is 0.197 e. The molecule has 0 amide bonds. The number of fused-ring (bicyclic) bond motifs is 1. The Kier molecular flexibility index (Phi) is 2.64. The van der Waals surface area contributed by atoms with Crippen LogP contribution in [-0.4, -0.2) is 21.8 Å². The lowest BCUT2D eigenvalue weighted by Crippen LogP contribution is -2.00. The molecule has 0 spiro atoms. The quantitative estimate of drug-likeness (QED) is 0.472. The number of hydrogen-bond acceptors (Lipinski definition) is 4. The fourth-order valence-electron chi connectivity index (χ4n) is 2.22. The maximum absolute atomic E-state index is 12.2. The van der Waals surface area contributed by atoms with Crippen molar-refractivity contribution in [3.8, 4) is 11.5 Å². The molecule has 0 heterocycles. The Hall–Kier alpha value is -2.88. The fourth-order valence-corrected chi connectivity index (χ4v) is 2.22. The SMILES string of the molecule is O=C1C(=Cc2cc(O)ccc2O)C(=O)c2ccccc21. The van der Waals surface area contributed by atoms with Gasteiger partial charge in [-0.3, -0.25) is 9.59 Å². The van der Waals surface area contributed by atoms with Crippen LogP contribution in [-0.2, 0) is 0 Å². The normalized spacial score (nSPS) is 13.5. The minimum atomic E-state index is -0.367. The number of Topliss-reactive ketones (excluding diaryl/α,β-unsaturated/α-hetero) is 2. The Morgan fingerprint density at radius 3 is 2.05 bits per heavy atom. The molecular formula is C16H10O4. The van der Waals surface area contributed by atoms with E-state index in [0.717, 1.165) is 0 Å². The summed E-state index contributed by atoms with van der Waals surface area (Å²) < 4.78 is 0. The molecule has 0 aromatic heterocycles. The van der Waals surface area contributed by atoms with Crippen molar-refractivity contribution in [2.45, 2.75) is 0 Å². The minimum Gasteiger partial charge on any atom is -0.508 e. The lowest BCUT2D eigenvalue weighted by atomic mass is 10.1. The Morgan fingerprint density at radius 2 is 1.45 bits per heavy atom. The van der Waals surface area contributed by atoms with Gasteiger partial charge in [-0.1, -0.05) is 24.3 Å². The molecule has 0 radical (unpaired) electrons. The van der Waals surface area contributed by atoms with Gasteiger partial charge in [-0.25, -0.2) is 0 Å². The highest BCUT2D eigenvalue weighted by atomic mass is 16.3. The lowest BCUT2D eigenvalue weighted by Gasteiger charge is -2.01. The van der Waals surface area contributed by atoms with Crippen molar-refractivity contribution in [3.05, 3.63) is 64.7 Å². The summed E-state index contributed by atoms with van der Waals surface area (Å²) in [5.74, 6) is -0.890. The molecule has 0 aliphatic heterocycles. The summed E-state index contributed by atoms with van der Waals surface area (Å²) in [6.45, 7) is 0. The van der Waals surface area contributed by atoms with E-state index in [1.54, 1.807) is 24.3 Å². The van der Waals surface area contributed by atoms with Gasteiger partial charge >= 0.3 is 0 Å². The monoisotopic (exact) mass is 266 g/mol. The molecule has 1 aliphatic rings. The highest BCUT2D eigenvalue weighted by molar-refractivity contribution is 6.41. The van der Waals surface area contributed by atoms with E-state index >= 15 is 0 Å². The summed E-state index contributed by atoms with van der Waals surface area (Å²) in [5.41, 5.74) is 0.952. The third kappa shape index (κ3) is 1.78. The van der Waals surface area contributed by atoms with E-state index in [-0.39, 0.29) is 34.2 Å². The van der Waals surface area contributed by atoms with Crippen LogP contribution in [0.3, 0.4) is 0 Å². The molecule has 0 atom stereocenters. The molecule has 0 saturated carbocycles. The number of benzene rings is 2. The average Bonchev–Trinajstić information content (AvgIpc) is 2.68. The van der Waals surface area contributed by atoms with Crippen LogP contribution in [0.4, 0.5) is 0 Å². The largest absolute Gasteiger partial charge is 0.508 e. The predicted octanol–water partition coefficient (Wildman–Crippen LogP) is 2.56. The molecule has 0 bridgehead atoms. The predicted molar refractivity (Wildman–Crippen MR) is 72.9 cm³/mol. The first-order valence-corrected chi connectivity index (χ1v) is 6.00. The second-order valence-corrected chi connectivity index (χ2v) is 4.50. The molecule has 4 heteroatoms. The molecule has 0 saturated heterocycles. The van der Waals surface area contributed by atoms with Crippen LogP contribution in [0.15, 0.2) is 48.0 Å². The van der Waals surface area contributed by atoms with Gasteiger partial charge in [0, 0.05) is 16.7 Å². The van der Waals surface area contributed by atoms with E-state index in [0.29, 0.717) is 11.1 Å². The minimum absolute atomic E-state index is 0.00731. The zero-order valence-corrected chi connectivity index (χ0v) is 10.3. The number of phenolic OH excluding ortho intramolecular Hbond substituents is 2.